The van der Waals surface area contributed by atoms with Crippen molar-refractivity contribution in [1.29, 1.82) is 0 Å². The smallest absolute Gasteiger partial charge is 0.462 e. The van der Waals surface area contributed by atoms with Crippen molar-refractivity contribution in [2.45, 2.75) is 204 Å². The number of unbranched alkanes of at least 4 members (excludes halogenated alkanes) is 17. The molecule has 8 atom stereocenters. The maximum Gasteiger partial charge on any atom is 0.472 e. The summed E-state index contributed by atoms with van der Waals surface area (Å²) in [6.45, 7) is 3.21. The van der Waals surface area contributed by atoms with Gasteiger partial charge < -0.3 is 39.9 Å². The molecule has 14 heteroatoms. The second-order valence-corrected chi connectivity index (χ2v) is 15.9. The third-order valence-electron chi connectivity index (χ3n) is 9.52. The first-order chi connectivity index (χ1) is 25.9. The number of hydrogen-bond donors (Lipinski definition) is 6. The Morgan fingerprint density at radius 1 is 0.556 bits per heavy atom. The molecule has 0 aromatic heterocycles. The van der Waals surface area contributed by atoms with Gasteiger partial charge in [-0.05, 0) is 57.8 Å². The van der Waals surface area contributed by atoms with E-state index in [1.54, 1.807) is 0 Å². The van der Waals surface area contributed by atoms with Gasteiger partial charge >= 0.3 is 19.8 Å². The molecular weight excluding hydrogens is 719 g/mol. The minimum Gasteiger partial charge on any atom is -0.462 e. The molecule has 6 N–H and O–H groups in total. The van der Waals surface area contributed by atoms with Crippen molar-refractivity contribution < 1.29 is 63.1 Å². The average Bonchev–Trinajstić information content (AvgIpc) is 3.15. The van der Waals surface area contributed by atoms with Gasteiger partial charge in [0.05, 0.1) is 6.61 Å². The number of hydrogen-bond acceptors (Lipinski definition) is 12. The van der Waals surface area contributed by atoms with Gasteiger partial charge in [-0.15, -0.1) is 0 Å². The van der Waals surface area contributed by atoms with E-state index < -0.39 is 75.7 Å². The second kappa shape index (κ2) is 31.4. The summed E-state index contributed by atoms with van der Waals surface area (Å²) in [5.41, 5.74) is 0. The molecule has 0 aromatic carbocycles. The number of carbonyl (C=O) groups excluding carboxylic acids is 2. The van der Waals surface area contributed by atoms with E-state index in [-0.39, 0.29) is 12.8 Å². The molecule has 1 fully saturated rings. The number of aliphatic hydroxyl groups is 5. The van der Waals surface area contributed by atoms with Crippen LogP contribution < -0.4 is 0 Å². The quantitative estimate of drug-likeness (QED) is 0.0173. The lowest BCUT2D eigenvalue weighted by atomic mass is 9.85. The van der Waals surface area contributed by atoms with Gasteiger partial charge in [-0.1, -0.05) is 115 Å². The van der Waals surface area contributed by atoms with Crippen LogP contribution in [-0.2, 0) is 32.7 Å². The highest BCUT2D eigenvalue weighted by Gasteiger charge is 2.51. The molecule has 0 heterocycles. The molecular formula is C40H73O13P. The summed E-state index contributed by atoms with van der Waals surface area (Å²) in [5, 5.41) is 50.0. The molecule has 0 aromatic rings. The Bertz CT molecular complexity index is 1050. The van der Waals surface area contributed by atoms with Crippen LogP contribution in [0.2, 0.25) is 0 Å². The van der Waals surface area contributed by atoms with E-state index in [0.29, 0.717) is 12.8 Å². The Hall–Kier alpha value is -1.67. The Morgan fingerprint density at radius 3 is 1.46 bits per heavy atom. The fraction of sp³-hybridized carbons (Fsp3) is 0.850. The summed E-state index contributed by atoms with van der Waals surface area (Å²) in [5.74, 6) is -1.12. The molecule has 316 valence electrons. The molecule has 1 aliphatic rings. The van der Waals surface area contributed by atoms with Gasteiger partial charge in [-0.3, -0.25) is 18.6 Å². The molecule has 1 rings (SSSR count). The third-order valence-corrected chi connectivity index (χ3v) is 10.5. The van der Waals surface area contributed by atoms with Gasteiger partial charge in [0.25, 0.3) is 0 Å². The van der Waals surface area contributed by atoms with E-state index in [4.69, 9.17) is 18.5 Å². The van der Waals surface area contributed by atoms with Gasteiger partial charge in [-0.25, -0.2) is 4.57 Å². The number of esters is 2. The first-order valence-electron chi connectivity index (χ1n) is 20.6. The third kappa shape index (κ3) is 24.1. The Morgan fingerprint density at radius 2 is 0.963 bits per heavy atom. The number of ether oxygens (including phenoxy) is 2. The van der Waals surface area contributed by atoms with Crippen LogP contribution in [0, 0.1) is 0 Å². The van der Waals surface area contributed by atoms with Crippen molar-refractivity contribution in [1.82, 2.24) is 0 Å². The summed E-state index contributed by atoms with van der Waals surface area (Å²) in [6.07, 6.45) is 18.2. The highest BCUT2D eigenvalue weighted by molar-refractivity contribution is 7.47. The lowest BCUT2D eigenvalue weighted by molar-refractivity contribution is -0.220. The Kier molecular flexibility index (Phi) is 29.3. The molecule has 0 aliphatic heterocycles. The summed E-state index contributed by atoms with van der Waals surface area (Å²) in [6, 6.07) is 0. The summed E-state index contributed by atoms with van der Waals surface area (Å²) in [4.78, 5) is 35.5. The molecule has 1 saturated carbocycles. The maximum atomic E-state index is 12.8. The zero-order valence-corrected chi connectivity index (χ0v) is 33.9. The minimum atomic E-state index is -5.11. The molecule has 0 saturated heterocycles. The number of phosphoric acid groups is 1. The van der Waals surface area contributed by atoms with Gasteiger partial charge in [-0.2, -0.15) is 0 Å². The largest absolute Gasteiger partial charge is 0.472 e. The van der Waals surface area contributed by atoms with Crippen molar-refractivity contribution in [2.24, 2.45) is 0 Å². The fourth-order valence-corrected chi connectivity index (χ4v) is 7.06. The van der Waals surface area contributed by atoms with Crippen molar-refractivity contribution in [3.63, 3.8) is 0 Å². The van der Waals surface area contributed by atoms with E-state index in [9.17, 15) is 44.6 Å². The fourth-order valence-electron chi connectivity index (χ4n) is 6.08. The molecule has 6 unspecified atom stereocenters. The van der Waals surface area contributed by atoms with Gasteiger partial charge in [0.2, 0.25) is 0 Å². The number of rotatable bonds is 33. The van der Waals surface area contributed by atoms with Crippen LogP contribution >= 0.6 is 7.82 Å². The lowest BCUT2D eigenvalue weighted by Gasteiger charge is -2.41. The molecule has 0 bridgehead atoms. The average molecular weight is 793 g/mol. The molecule has 1 aliphatic carbocycles. The van der Waals surface area contributed by atoms with Crippen LogP contribution in [0.15, 0.2) is 24.3 Å². The predicted molar refractivity (Wildman–Crippen MR) is 207 cm³/mol. The highest BCUT2D eigenvalue weighted by Crippen LogP contribution is 2.47. The van der Waals surface area contributed by atoms with Crippen molar-refractivity contribution in [3.05, 3.63) is 24.3 Å². The molecule has 0 spiro atoms. The maximum absolute atomic E-state index is 12.8. The van der Waals surface area contributed by atoms with Crippen molar-refractivity contribution in [3.8, 4) is 0 Å². The standard InChI is InChI=1S/C40H73O13P/c1-3-5-7-9-11-13-15-16-17-19-21-23-25-27-29-34(42)52-32(30-50-33(41)28-26-24-22-20-18-14-12-10-8-6-4-2)31-51-54(48,49)53-40-38(46)36(44)35(43)37(45)39(40)47/h10,12,15-16,32,35-40,43-47H,3-9,11,13-14,17-31H2,1-2H3,(H,48,49)/b12-10-,16-15-/t32-,35?,36-,37?,38?,39?,40?/m1/s1. The molecule has 0 radical (unpaired) electrons. The normalized spacial score (nSPS) is 23.5. The second-order valence-electron chi connectivity index (χ2n) is 14.5. The monoisotopic (exact) mass is 792 g/mol. The number of phosphoric ester groups is 1. The van der Waals surface area contributed by atoms with Crippen LogP contribution in [0.4, 0.5) is 0 Å². The number of allylic oxidation sites excluding steroid dienone is 4. The Labute approximate surface area is 324 Å². The summed E-state index contributed by atoms with van der Waals surface area (Å²) >= 11 is 0. The highest BCUT2D eigenvalue weighted by atomic mass is 31.2. The van der Waals surface area contributed by atoms with Crippen LogP contribution in [0.5, 0.6) is 0 Å². The van der Waals surface area contributed by atoms with Gasteiger partial charge in [0.15, 0.2) is 6.10 Å². The van der Waals surface area contributed by atoms with Crippen LogP contribution in [0.3, 0.4) is 0 Å². The number of carbonyl (C=O) groups is 2. The number of aliphatic hydroxyl groups excluding tert-OH is 5. The van der Waals surface area contributed by atoms with E-state index in [1.807, 2.05) is 0 Å². The molecule has 0 amide bonds. The molecule has 13 nitrogen and oxygen atoms in total. The van der Waals surface area contributed by atoms with E-state index in [0.717, 1.165) is 77.0 Å². The van der Waals surface area contributed by atoms with Gasteiger partial charge in [0.1, 0.15) is 43.2 Å². The zero-order chi connectivity index (χ0) is 40.0. The predicted octanol–water partition coefficient (Wildman–Crippen LogP) is 6.89. The van der Waals surface area contributed by atoms with Crippen molar-refractivity contribution >= 4 is 19.8 Å². The van der Waals surface area contributed by atoms with Crippen molar-refractivity contribution in [2.75, 3.05) is 13.2 Å². The summed E-state index contributed by atoms with van der Waals surface area (Å²) in [7, 11) is -5.11. The zero-order valence-electron chi connectivity index (χ0n) is 33.0. The first kappa shape index (κ1) is 50.3. The minimum absolute atomic E-state index is 0.0861. The van der Waals surface area contributed by atoms with Crippen LogP contribution in [0.25, 0.3) is 0 Å². The van der Waals surface area contributed by atoms with E-state index >= 15 is 0 Å². The topological polar surface area (TPSA) is 210 Å². The molecule has 54 heavy (non-hydrogen) atoms. The van der Waals surface area contributed by atoms with Gasteiger partial charge in [0, 0.05) is 12.8 Å². The first-order valence-corrected chi connectivity index (χ1v) is 22.1. The van der Waals surface area contributed by atoms with E-state index in [1.165, 1.54) is 44.9 Å². The SMILES string of the molecule is CCCC/C=C\CCCCCCCC(=O)OC[C@H](COP(=O)(O)OC1C(O)C(O)C(O)[C@@H](O)C1O)OC(=O)CCCCCCC/C=C\CCCCCCC. The van der Waals surface area contributed by atoms with Crippen LogP contribution in [-0.4, -0.2) is 98.3 Å². The summed E-state index contributed by atoms with van der Waals surface area (Å²) < 4.78 is 33.3. The lowest BCUT2D eigenvalue weighted by Crippen LogP contribution is -2.64. The van der Waals surface area contributed by atoms with Crippen LogP contribution in [0.1, 0.15) is 162 Å². The Balaban J connectivity index is 2.53. The van der Waals surface area contributed by atoms with E-state index in [2.05, 4.69) is 38.2 Å².